The van der Waals surface area contributed by atoms with Crippen molar-refractivity contribution in [3.05, 3.63) is 29.6 Å². The van der Waals surface area contributed by atoms with Crippen LogP contribution in [0.3, 0.4) is 0 Å². The van der Waals surface area contributed by atoms with Crippen molar-refractivity contribution in [1.82, 2.24) is 15.6 Å². The standard InChI is InChI=1S/C18H32N4.HI/c1-5-7-8-9-16(4)22-18(20-6-2)21-13-11-17-10-12-19-14-15(17)3;/h10,12,14,16H,5-9,11,13H2,1-4H3,(H2,20,21,22);1H. The largest absolute Gasteiger partial charge is 0.357 e. The zero-order valence-electron chi connectivity index (χ0n) is 15.1. The highest BCUT2D eigenvalue weighted by atomic mass is 127. The van der Waals surface area contributed by atoms with Crippen molar-refractivity contribution in [3.63, 3.8) is 0 Å². The molecule has 2 N–H and O–H groups in total. The highest BCUT2D eigenvalue weighted by molar-refractivity contribution is 14.0. The van der Waals surface area contributed by atoms with Crippen LogP contribution in [-0.2, 0) is 6.42 Å². The number of nitrogens with one attached hydrogen (secondary N) is 2. The number of aromatic nitrogens is 1. The van der Waals surface area contributed by atoms with Crippen LogP contribution in [-0.4, -0.2) is 30.1 Å². The van der Waals surface area contributed by atoms with Crippen LogP contribution in [0.15, 0.2) is 23.5 Å². The first-order valence-electron chi connectivity index (χ1n) is 8.61. The maximum absolute atomic E-state index is 4.69. The van der Waals surface area contributed by atoms with Crippen molar-refractivity contribution in [2.24, 2.45) is 4.99 Å². The van der Waals surface area contributed by atoms with Gasteiger partial charge in [-0.15, -0.1) is 24.0 Å². The number of unbranched alkanes of at least 4 members (excludes halogenated alkanes) is 2. The minimum absolute atomic E-state index is 0. The molecule has 5 heteroatoms. The minimum Gasteiger partial charge on any atom is -0.357 e. The van der Waals surface area contributed by atoms with Crippen molar-refractivity contribution in [1.29, 1.82) is 0 Å². The number of aliphatic imine (C=N–C) groups is 1. The molecule has 0 radical (unpaired) electrons. The molecule has 0 saturated heterocycles. The zero-order chi connectivity index (χ0) is 16.2. The Morgan fingerprint density at radius 3 is 2.74 bits per heavy atom. The van der Waals surface area contributed by atoms with Gasteiger partial charge in [-0.05, 0) is 50.8 Å². The van der Waals surface area contributed by atoms with Gasteiger partial charge in [-0.25, -0.2) is 0 Å². The first kappa shape index (κ1) is 22.1. The fraction of sp³-hybridized carbons (Fsp3) is 0.667. The van der Waals surface area contributed by atoms with Crippen molar-refractivity contribution in [2.45, 2.75) is 65.8 Å². The molecule has 1 aromatic heterocycles. The fourth-order valence-corrected chi connectivity index (χ4v) is 2.40. The van der Waals surface area contributed by atoms with Gasteiger partial charge >= 0.3 is 0 Å². The van der Waals surface area contributed by atoms with Gasteiger partial charge in [0, 0.05) is 31.5 Å². The Kier molecular flexibility index (Phi) is 13.1. The van der Waals surface area contributed by atoms with E-state index in [1.807, 2.05) is 12.4 Å². The normalized spacial score (nSPS) is 12.4. The smallest absolute Gasteiger partial charge is 0.191 e. The summed E-state index contributed by atoms with van der Waals surface area (Å²) in [5, 5.41) is 6.84. The molecule has 0 aliphatic rings. The van der Waals surface area contributed by atoms with Gasteiger partial charge < -0.3 is 10.6 Å². The highest BCUT2D eigenvalue weighted by Crippen LogP contribution is 2.06. The topological polar surface area (TPSA) is 49.3 Å². The third-order valence-electron chi connectivity index (χ3n) is 3.76. The van der Waals surface area contributed by atoms with E-state index in [1.165, 1.54) is 36.8 Å². The number of pyridine rings is 1. The van der Waals surface area contributed by atoms with Crippen molar-refractivity contribution in [3.8, 4) is 0 Å². The third kappa shape index (κ3) is 9.79. The van der Waals surface area contributed by atoms with Crippen LogP contribution >= 0.6 is 24.0 Å². The second-order valence-electron chi connectivity index (χ2n) is 5.85. The lowest BCUT2D eigenvalue weighted by Gasteiger charge is -2.17. The van der Waals surface area contributed by atoms with Gasteiger partial charge in [0.25, 0.3) is 0 Å². The summed E-state index contributed by atoms with van der Waals surface area (Å²) in [6, 6.07) is 2.55. The molecule has 1 rings (SSSR count). The molecule has 0 saturated carbocycles. The summed E-state index contributed by atoms with van der Waals surface area (Å²) in [7, 11) is 0. The molecule has 1 unspecified atom stereocenters. The van der Waals surface area contributed by atoms with Gasteiger partial charge in [0.1, 0.15) is 0 Å². The van der Waals surface area contributed by atoms with E-state index in [1.54, 1.807) is 0 Å². The predicted molar refractivity (Wildman–Crippen MR) is 111 cm³/mol. The molecule has 132 valence electrons. The Morgan fingerprint density at radius 1 is 1.30 bits per heavy atom. The number of hydrogen-bond donors (Lipinski definition) is 2. The number of guanidine groups is 1. The van der Waals surface area contributed by atoms with Crippen molar-refractivity contribution < 1.29 is 0 Å². The molecule has 0 fully saturated rings. The molecule has 0 aromatic carbocycles. The quantitative estimate of drug-likeness (QED) is 0.268. The number of aryl methyl sites for hydroxylation is 1. The van der Waals surface area contributed by atoms with E-state index in [0.717, 1.165) is 25.5 Å². The lowest BCUT2D eigenvalue weighted by molar-refractivity contribution is 0.547. The second kappa shape index (κ2) is 13.6. The lowest BCUT2D eigenvalue weighted by atomic mass is 10.1. The van der Waals surface area contributed by atoms with Crippen LogP contribution in [0.1, 0.15) is 57.6 Å². The Hall–Kier alpha value is -0.850. The molecular weight excluding hydrogens is 399 g/mol. The van der Waals surface area contributed by atoms with Gasteiger partial charge in [-0.3, -0.25) is 9.98 Å². The van der Waals surface area contributed by atoms with Gasteiger partial charge in [0.05, 0.1) is 0 Å². The molecule has 0 aliphatic carbocycles. The Bertz CT molecular complexity index is 448. The van der Waals surface area contributed by atoms with Gasteiger partial charge in [-0.1, -0.05) is 26.2 Å². The van der Waals surface area contributed by atoms with Gasteiger partial charge in [0.15, 0.2) is 5.96 Å². The molecule has 0 amide bonds. The Labute approximate surface area is 159 Å². The van der Waals surface area contributed by atoms with E-state index in [4.69, 9.17) is 4.99 Å². The van der Waals surface area contributed by atoms with Crippen LogP contribution in [0.4, 0.5) is 0 Å². The first-order chi connectivity index (χ1) is 10.7. The van der Waals surface area contributed by atoms with E-state index in [2.05, 4.69) is 49.4 Å². The summed E-state index contributed by atoms with van der Waals surface area (Å²) < 4.78 is 0. The summed E-state index contributed by atoms with van der Waals surface area (Å²) in [5.41, 5.74) is 2.56. The van der Waals surface area contributed by atoms with Gasteiger partial charge in [-0.2, -0.15) is 0 Å². The number of halogens is 1. The van der Waals surface area contributed by atoms with Crippen LogP contribution in [0.25, 0.3) is 0 Å². The summed E-state index contributed by atoms with van der Waals surface area (Å²) in [6.07, 6.45) is 9.77. The average Bonchev–Trinajstić information content (AvgIpc) is 2.49. The summed E-state index contributed by atoms with van der Waals surface area (Å²) >= 11 is 0. The third-order valence-corrected chi connectivity index (χ3v) is 3.76. The number of nitrogens with zero attached hydrogens (tertiary/aromatic N) is 2. The van der Waals surface area contributed by atoms with Gasteiger partial charge in [0.2, 0.25) is 0 Å². The molecule has 23 heavy (non-hydrogen) atoms. The fourth-order valence-electron chi connectivity index (χ4n) is 2.40. The maximum atomic E-state index is 4.69. The predicted octanol–water partition coefficient (Wildman–Crippen LogP) is 4.07. The zero-order valence-corrected chi connectivity index (χ0v) is 17.4. The van der Waals surface area contributed by atoms with E-state index >= 15 is 0 Å². The summed E-state index contributed by atoms with van der Waals surface area (Å²) in [5.74, 6) is 0.929. The molecule has 1 heterocycles. The number of hydrogen-bond acceptors (Lipinski definition) is 2. The van der Waals surface area contributed by atoms with Crippen LogP contribution in [0, 0.1) is 6.92 Å². The van der Waals surface area contributed by atoms with Crippen molar-refractivity contribution in [2.75, 3.05) is 13.1 Å². The SMILES string of the molecule is CCCCCC(C)NC(=NCCc1ccncc1C)NCC.I. The molecule has 1 aromatic rings. The van der Waals surface area contributed by atoms with E-state index in [-0.39, 0.29) is 24.0 Å². The summed E-state index contributed by atoms with van der Waals surface area (Å²) in [4.78, 5) is 8.82. The molecule has 0 aliphatic heterocycles. The van der Waals surface area contributed by atoms with Crippen LogP contribution < -0.4 is 10.6 Å². The summed E-state index contributed by atoms with van der Waals surface area (Å²) in [6.45, 7) is 10.4. The van der Waals surface area contributed by atoms with E-state index < -0.39 is 0 Å². The van der Waals surface area contributed by atoms with Crippen LogP contribution in [0.5, 0.6) is 0 Å². The number of rotatable bonds is 9. The molecule has 1 atom stereocenters. The molecule has 0 spiro atoms. The second-order valence-corrected chi connectivity index (χ2v) is 5.85. The molecular formula is C18H33IN4. The average molecular weight is 432 g/mol. The van der Waals surface area contributed by atoms with E-state index in [0.29, 0.717) is 6.04 Å². The highest BCUT2D eigenvalue weighted by Gasteiger charge is 2.05. The first-order valence-corrected chi connectivity index (χ1v) is 8.61. The Balaban J connectivity index is 0.00000484. The van der Waals surface area contributed by atoms with E-state index in [9.17, 15) is 0 Å². The lowest BCUT2D eigenvalue weighted by Crippen LogP contribution is -2.42. The minimum atomic E-state index is 0. The molecule has 0 bridgehead atoms. The van der Waals surface area contributed by atoms with Crippen molar-refractivity contribution >= 4 is 29.9 Å². The molecule has 4 nitrogen and oxygen atoms in total. The Morgan fingerprint density at radius 2 is 2.09 bits per heavy atom. The maximum Gasteiger partial charge on any atom is 0.191 e. The van der Waals surface area contributed by atoms with Crippen LogP contribution in [0.2, 0.25) is 0 Å². The monoisotopic (exact) mass is 432 g/mol.